The van der Waals surface area contributed by atoms with Gasteiger partial charge in [-0.15, -0.1) is 0 Å². The van der Waals surface area contributed by atoms with Crippen LogP contribution in [0.2, 0.25) is 0 Å². The Morgan fingerprint density at radius 3 is 2.36 bits per heavy atom. The van der Waals surface area contributed by atoms with E-state index >= 15 is 0 Å². The number of rotatable bonds is 3. The number of morpholine rings is 1. The lowest BCUT2D eigenvalue weighted by atomic mass is 10.4. The summed E-state index contributed by atoms with van der Waals surface area (Å²) in [7, 11) is 0. The number of carboxylic acid groups (broad SMARTS) is 1. The first-order chi connectivity index (χ1) is 6.70. The maximum absolute atomic E-state index is 9.25. The Kier molecular flexibility index (Phi) is 8.11. The molecule has 0 radical (unpaired) electrons. The molecule has 14 heavy (non-hydrogen) atoms. The predicted octanol–water partition coefficient (Wildman–Crippen LogP) is -0.432. The zero-order chi connectivity index (χ0) is 10.8. The Morgan fingerprint density at radius 1 is 1.50 bits per heavy atom. The summed E-state index contributed by atoms with van der Waals surface area (Å²) >= 11 is 0. The lowest BCUT2D eigenvalue weighted by Crippen LogP contribution is -2.37. The molecule has 0 saturated carbocycles. The summed E-state index contributed by atoms with van der Waals surface area (Å²) in [5.41, 5.74) is 0. The molecule has 2 N–H and O–H groups in total. The van der Waals surface area contributed by atoms with Crippen molar-refractivity contribution in [3.63, 3.8) is 0 Å². The molecule has 1 rings (SSSR count). The second-order valence-corrected chi connectivity index (χ2v) is 2.72. The van der Waals surface area contributed by atoms with Gasteiger partial charge in [-0.25, -0.2) is 4.79 Å². The summed E-state index contributed by atoms with van der Waals surface area (Å²) in [6, 6.07) is 0. The van der Waals surface area contributed by atoms with Crippen LogP contribution in [-0.4, -0.2) is 60.5 Å². The highest BCUT2D eigenvalue weighted by molar-refractivity contribution is 5.78. The molecule has 0 spiro atoms. The summed E-state index contributed by atoms with van der Waals surface area (Å²) in [4.78, 5) is 11.4. The summed E-state index contributed by atoms with van der Waals surface area (Å²) in [5, 5.41) is 16.1. The third-order valence-electron chi connectivity index (χ3n) is 1.69. The SMILES string of the molecule is C=CC(=O)O.OCCN1CCOCC1. The van der Waals surface area contributed by atoms with E-state index in [0.717, 1.165) is 38.9 Å². The third-order valence-corrected chi connectivity index (χ3v) is 1.69. The van der Waals surface area contributed by atoms with E-state index in [1.165, 1.54) is 0 Å². The van der Waals surface area contributed by atoms with Gasteiger partial charge in [0.2, 0.25) is 0 Å². The molecule has 1 fully saturated rings. The Balaban J connectivity index is 0.000000292. The highest BCUT2D eigenvalue weighted by atomic mass is 16.5. The van der Waals surface area contributed by atoms with Gasteiger partial charge in [0.15, 0.2) is 0 Å². The van der Waals surface area contributed by atoms with Gasteiger partial charge in [-0.1, -0.05) is 6.58 Å². The van der Waals surface area contributed by atoms with Crippen molar-refractivity contribution in [1.82, 2.24) is 4.90 Å². The molecular formula is C9H17NO4. The average Bonchev–Trinajstić information content (AvgIpc) is 2.21. The van der Waals surface area contributed by atoms with Gasteiger partial charge in [0.05, 0.1) is 19.8 Å². The quantitative estimate of drug-likeness (QED) is 0.609. The van der Waals surface area contributed by atoms with Crippen LogP contribution in [0.4, 0.5) is 0 Å². The topological polar surface area (TPSA) is 70.0 Å². The van der Waals surface area contributed by atoms with Crippen LogP contribution in [0.3, 0.4) is 0 Å². The Hall–Kier alpha value is -0.910. The van der Waals surface area contributed by atoms with E-state index in [9.17, 15) is 4.79 Å². The molecule has 0 aromatic rings. The molecule has 0 amide bonds. The molecule has 0 atom stereocenters. The molecule has 0 aromatic carbocycles. The van der Waals surface area contributed by atoms with Crippen LogP contribution >= 0.6 is 0 Å². The minimum absolute atomic E-state index is 0.264. The number of aliphatic carboxylic acids is 1. The molecule has 1 heterocycles. The highest BCUT2D eigenvalue weighted by Crippen LogP contribution is 1.94. The molecule has 0 aliphatic carbocycles. The average molecular weight is 203 g/mol. The highest BCUT2D eigenvalue weighted by Gasteiger charge is 2.07. The first-order valence-electron chi connectivity index (χ1n) is 4.47. The van der Waals surface area contributed by atoms with E-state index in [-0.39, 0.29) is 6.61 Å². The number of β-amino-alcohol motifs (C(OH)–C–C–N with tert-alkyl or cyclic N) is 1. The smallest absolute Gasteiger partial charge is 0.327 e. The van der Waals surface area contributed by atoms with Gasteiger partial charge in [0, 0.05) is 25.7 Å². The number of ether oxygens (including phenoxy) is 1. The fourth-order valence-electron chi connectivity index (χ4n) is 0.966. The maximum atomic E-state index is 9.25. The van der Waals surface area contributed by atoms with Crippen molar-refractivity contribution >= 4 is 5.97 Å². The van der Waals surface area contributed by atoms with Crippen molar-refractivity contribution in [2.45, 2.75) is 0 Å². The number of aliphatic hydroxyl groups excluding tert-OH is 1. The molecule has 5 heteroatoms. The van der Waals surface area contributed by atoms with Crippen LogP contribution < -0.4 is 0 Å². The normalized spacial score (nSPS) is 16.6. The number of carboxylic acids is 1. The van der Waals surface area contributed by atoms with Gasteiger partial charge in [-0.3, -0.25) is 4.90 Å². The molecular weight excluding hydrogens is 186 g/mol. The van der Waals surface area contributed by atoms with Gasteiger partial charge >= 0.3 is 5.97 Å². The lowest BCUT2D eigenvalue weighted by Gasteiger charge is -2.25. The van der Waals surface area contributed by atoms with Crippen molar-refractivity contribution in [2.75, 3.05) is 39.5 Å². The number of nitrogens with zero attached hydrogens (tertiary/aromatic N) is 1. The number of hydrogen-bond donors (Lipinski definition) is 2. The number of aliphatic hydroxyl groups is 1. The van der Waals surface area contributed by atoms with E-state index in [1.54, 1.807) is 0 Å². The lowest BCUT2D eigenvalue weighted by molar-refractivity contribution is -0.131. The van der Waals surface area contributed by atoms with Gasteiger partial charge in [0.25, 0.3) is 0 Å². The Labute approximate surface area is 83.6 Å². The van der Waals surface area contributed by atoms with E-state index in [2.05, 4.69) is 11.5 Å². The van der Waals surface area contributed by atoms with Crippen LogP contribution in [-0.2, 0) is 9.53 Å². The largest absolute Gasteiger partial charge is 0.478 e. The molecule has 82 valence electrons. The summed E-state index contributed by atoms with van der Waals surface area (Å²) in [5.74, 6) is -0.981. The molecule has 1 aliphatic heterocycles. The number of hydrogen-bond acceptors (Lipinski definition) is 4. The van der Waals surface area contributed by atoms with Gasteiger partial charge in [-0.2, -0.15) is 0 Å². The fourth-order valence-corrected chi connectivity index (χ4v) is 0.966. The Morgan fingerprint density at radius 2 is 2.00 bits per heavy atom. The van der Waals surface area contributed by atoms with E-state index in [1.807, 2.05) is 0 Å². The molecule has 0 bridgehead atoms. The van der Waals surface area contributed by atoms with Crippen LogP contribution in [0.1, 0.15) is 0 Å². The van der Waals surface area contributed by atoms with Crippen LogP contribution in [0, 0.1) is 0 Å². The van der Waals surface area contributed by atoms with Gasteiger partial charge < -0.3 is 14.9 Å². The van der Waals surface area contributed by atoms with Crippen LogP contribution in [0.25, 0.3) is 0 Å². The van der Waals surface area contributed by atoms with Crippen molar-refractivity contribution in [1.29, 1.82) is 0 Å². The van der Waals surface area contributed by atoms with Crippen LogP contribution in [0.15, 0.2) is 12.7 Å². The maximum Gasteiger partial charge on any atom is 0.327 e. The minimum atomic E-state index is -0.981. The van der Waals surface area contributed by atoms with E-state index in [4.69, 9.17) is 14.9 Å². The first kappa shape index (κ1) is 13.1. The second-order valence-electron chi connectivity index (χ2n) is 2.72. The standard InChI is InChI=1S/C6H13NO2.C3H4O2/c8-4-1-7-2-5-9-6-3-7;1-2-3(4)5/h8H,1-6H2;2H,1H2,(H,4,5). The summed E-state index contributed by atoms with van der Waals surface area (Å²) in [6.45, 7) is 7.60. The zero-order valence-corrected chi connectivity index (χ0v) is 8.19. The molecule has 0 unspecified atom stereocenters. The van der Waals surface area contributed by atoms with E-state index < -0.39 is 5.97 Å². The van der Waals surface area contributed by atoms with Crippen molar-refractivity contribution in [2.24, 2.45) is 0 Å². The summed E-state index contributed by atoms with van der Waals surface area (Å²) < 4.78 is 5.12. The van der Waals surface area contributed by atoms with Crippen LogP contribution in [0.5, 0.6) is 0 Å². The second kappa shape index (κ2) is 8.68. The molecule has 1 saturated heterocycles. The molecule has 1 aliphatic rings. The minimum Gasteiger partial charge on any atom is -0.478 e. The van der Waals surface area contributed by atoms with Crippen molar-refractivity contribution in [3.05, 3.63) is 12.7 Å². The van der Waals surface area contributed by atoms with E-state index in [0.29, 0.717) is 0 Å². The molecule has 0 aromatic heterocycles. The van der Waals surface area contributed by atoms with Crippen molar-refractivity contribution in [3.8, 4) is 0 Å². The first-order valence-corrected chi connectivity index (χ1v) is 4.47. The Bertz CT molecular complexity index is 163. The fraction of sp³-hybridized carbons (Fsp3) is 0.667. The third kappa shape index (κ3) is 7.72. The van der Waals surface area contributed by atoms with Gasteiger partial charge in [0.1, 0.15) is 0 Å². The predicted molar refractivity (Wildman–Crippen MR) is 52.2 cm³/mol. The summed E-state index contributed by atoms with van der Waals surface area (Å²) in [6.07, 6.45) is 0.833. The monoisotopic (exact) mass is 203 g/mol. The zero-order valence-electron chi connectivity index (χ0n) is 8.19. The van der Waals surface area contributed by atoms with Crippen molar-refractivity contribution < 1.29 is 19.7 Å². The van der Waals surface area contributed by atoms with Gasteiger partial charge in [-0.05, 0) is 0 Å². The molecule has 5 nitrogen and oxygen atoms in total. The number of carbonyl (C=O) groups is 1.